The molecule has 4 aromatic rings. The molecule has 0 atom stereocenters. The number of pyridine rings is 1. The van der Waals surface area contributed by atoms with Gasteiger partial charge in [-0.2, -0.15) is 0 Å². The number of nitrogens with zero attached hydrogens (tertiary/aromatic N) is 4. The monoisotopic (exact) mass is 508 g/mol. The van der Waals surface area contributed by atoms with E-state index >= 15 is 0 Å². The average Bonchev–Trinajstić information content (AvgIpc) is 3.35. The lowest BCUT2D eigenvalue weighted by Gasteiger charge is -2.29. The maximum Gasteiger partial charge on any atom is 0.224 e. The summed E-state index contributed by atoms with van der Waals surface area (Å²) in [5.74, 6) is 1.38. The molecular formula is C31H36N6O. The van der Waals surface area contributed by atoms with Crippen LogP contribution in [0.2, 0.25) is 0 Å². The first-order chi connectivity index (χ1) is 18.3. The number of benzene rings is 2. The quantitative estimate of drug-likeness (QED) is 0.307. The number of aryl methyl sites for hydroxylation is 1. The molecule has 7 heteroatoms. The molecule has 1 aliphatic carbocycles. The molecule has 3 N–H and O–H groups in total. The lowest BCUT2D eigenvalue weighted by atomic mass is 9.84. The maximum atomic E-state index is 13.0. The van der Waals surface area contributed by atoms with E-state index in [0.29, 0.717) is 24.1 Å². The summed E-state index contributed by atoms with van der Waals surface area (Å²) >= 11 is 0. The summed E-state index contributed by atoms with van der Waals surface area (Å²) in [5, 5.41) is 11.2. The first-order valence-electron chi connectivity index (χ1n) is 13.4. The van der Waals surface area contributed by atoms with Gasteiger partial charge in [-0.3, -0.25) is 9.78 Å². The molecule has 1 amide bonds. The van der Waals surface area contributed by atoms with E-state index in [0.717, 1.165) is 59.5 Å². The minimum absolute atomic E-state index is 0.0389. The largest absolute Gasteiger partial charge is 0.325 e. The van der Waals surface area contributed by atoms with Crippen LogP contribution in [-0.2, 0) is 10.3 Å². The number of anilines is 1. The fraction of sp³-hybridized carbons (Fsp3) is 0.355. The van der Waals surface area contributed by atoms with Gasteiger partial charge >= 0.3 is 0 Å². The van der Waals surface area contributed by atoms with Crippen LogP contribution >= 0.6 is 0 Å². The molecule has 0 radical (unpaired) electrons. The molecule has 196 valence electrons. The second-order valence-electron chi connectivity index (χ2n) is 11.0. The third-order valence-electron chi connectivity index (χ3n) is 7.59. The minimum Gasteiger partial charge on any atom is -0.325 e. The van der Waals surface area contributed by atoms with E-state index in [-0.39, 0.29) is 5.91 Å². The molecule has 0 saturated heterocycles. The van der Waals surface area contributed by atoms with Crippen LogP contribution < -0.4 is 11.1 Å². The number of carbonyl (C=O) groups is 1. The SMILES string of the molecule is Cc1nncn1[C@H]1CC[C@H](CC(=O)Nc2cnc(-c3ccc(C(C)(C)N)cc3)c(-c3ccccc3)c2)CC1. The van der Waals surface area contributed by atoms with Crippen LogP contribution in [0.15, 0.2) is 73.2 Å². The van der Waals surface area contributed by atoms with Crippen molar-refractivity contribution in [1.82, 2.24) is 19.7 Å². The number of carbonyl (C=O) groups excluding carboxylic acids is 1. The molecule has 1 saturated carbocycles. The fourth-order valence-corrected chi connectivity index (χ4v) is 5.42. The highest BCUT2D eigenvalue weighted by atomic mass is 16.1. The first kappa shape index (κ1) is 25.8. The Bertz CT molecular complexity index is 1380. The topological polar surface area (TPSA) is 98.7 Å². The summed E-state index contributed by atoms with van der Waals surface area (Å²) in [6, 6.07) is 20.9. The van der Waals surface area contributed by atoms with E-state index in [1.54, 1.807) is 6.20 Å². The second-order valence-corrected chi connectivity index (χ2v) is 11.0. The number of rotatable bonds is 7. The number of hydrogen-bond donors (Lipinski definition) is 2. The van der Waals surface area contributed by atoms with Crippen LogP contribution in [0.3, 0.4) is 0 Å². The Morgan fingerprint density at radius 1 is 1.03 bits per heavy atom. The smallest absolute Gasteiger partial charge is 0.224 e. The van der Waals surface area contributed by atoms with E-state index in [4.69, 9.17) is 10.7 Å². The van der Waals surface area contributed by atoms with Gasteiger partial charge in [-0.1, -0.05) is 54.6 Å². The highest BCUT2D eigenvalue weighted by Crippen LogP contribution is 2.35. The summed E-state index contributed by atoms with van der Waals surface area (Å²) in [6.07, 6.45) is 8.24. The van der Waals surface area contributed by atoms with Crippen LogP contribution in [0.5, 0.6) is 0 Å². The zero-order valence-electron chi connectivity index (χ0n) is 22.4. The Balaban J connectivity index is 1.30. The molecule has 2 aromatic carbocycles. The second kappa shape index (κ2) is 10.9. The number of nitrogens with one attached hydrogen (secondary N) is 1. The fourth-order valence-electron chi connectivity index (χ4n) is 5.42. The van der Waals surface area contributed by atoms with Crippen molar-refractivity contribution in [3.05, 3.63) is 84.6 Å². The van der Waals surface area contributed by atoms with E-state index in [2.05, 4.69) is 56.5 Å². The third kappa shape index (κ3) is 5.83. The summed E-state index contributed by atoms with van der Waals surface area (Å²) < 4.78 is 2.17. The van der Waals surface area contributed by atoms with Crippen LogP contribution in [0, 0.1) is 12.8 Å². The van der Waals surface area contributed by atoms with Gasteiger partial charge in [0.05, 0.1) is 17.6 Å². The molecule has 1 aliphatic rings. The average molecular weight is 509 g/mol. The predicted octanol–water partition coefficient (Wildman–Crippen LogP) is 6.27. The van der Waals surface area contributed by atoms with Crippen molar-refractivity contribution in [1.29, 1.82) is 0 Å². The summed E-state index contributed by atoms with van der Waals surface area (Å²) in [6.45, 7) is 5.99. The van der Waals surface area contributed by atoms with E-state index in [1.807, 2.05) is 51.4 Å². The summed E-state index contributed by atoms with van der Waals surface area (Å²) in [4.78, 5) is 17.8. The van der Waals surface area contributed by atoms with Crippen molar-refractivity contribution in [3.8, 4) is 22.4 Å². The van der Waals surface area contributed by atoms with E-state index in [9.17, 15) is 4.79 Å². The first-order valence-corrected chi connectivity index (χ1v) is 13.4. The molecule has 0 aliphatic heterocycles. The van der Waals surface area contributed by atoms with Crippen molar-refractivity contribution < 1.29 is 4.79 Å². The number of amides is 1. The van der Waals surface area contributed by atoms with Crippen molar-refractivity contribution in [2.75, 3.05) is 5.32 Å². The highest BCUT2D eigenvalue weighted by Gasteiger charge is 2.25. The molecule has 5 rings (SSSR count). The normalized spacial score (nSPS) is 17.8. The van der Waals surface area contributed by atoms with Crippen molar-refractivity contribution in [2.45, 2.75) is 64.5 Å². The van der Waals surface area contributed by atoms with Crippen molar-refractivity contribution in [3.63, 3.8) is 0 Å². The van der Waals surface area contributed by atoms with Crippen molar-refractivity contribution in [2.24, 2.45) is 11.7 Å². The van der Waals surface area contributed by atoms with Gasteiger partial charge in [0.2, 0.25) is 5.91 Å². The summed E-state index contributed by atoms with van der Waals surface area (Å²) in [5.41, 5.74) is 11.6. The number of aromatic nitrogens is 4. The molecular weight excluding hydrogens is 472 g/mol. The van der Waals surface area contributed by atoms with Gasteiger partial charge in [0.25, 0.3) is 0 Å². The molecule has 0 unspecified atom stereocenters. The van der Waals surface area contributed by atoms with E-state index in [1.165, 1.54) is 0 Å². The van der Waals surface area contributed by atoms with Gasteiger partial charge < -0.3 is 15.6 Å². The molecule has 2 heterocycles. The molecule has 38 heavy (non-hydrogen) atoms. The molecule has 7 nitrogen and oxygen atoms in total. The lowest BCUT2D eigenvalue weighted by Crippen LogP contribution is -2.28. The van der Waals surface area contributed by atoms with Gasteiger partial charge in [-0.05, 0) is 69.6 Å². The Hall–Kier alpha value is -3.84. The summed E-state index contributed by atoms with van der Waals surface area (Å²) in [7, 11) is 0. The van der Waals surface area contributed by atoms with Crippen LogP contribution in [-0.4, -0.2) is 25.7 Å². The van der Waals surface area contributed by atoms with E-state index < -0.39 is 5.54 Å². The van der Waals surface area contributed by atoms with Crippen LogP contribution in [0.4, 0.5) is 5.69 Å². The Morgan fingerprint density at radius 2 is 1.74 bits per heavy atom. The van der Waals surface area contributed by atoms with Gasteiger partial charge in [0.1, 0.15) is 12.2 Å². The van der Waals surface area contributed by atoms with Gasteiger partial charge in [-0.15, -0.1) is 10.2 Å². The third-order valence-corrected chi connectivity index (χ3v) is 7.59. The lowest BCUT2D eigenvalue weighted by molar-refractivity contribution is -0.117. The standard InChI is InChI=1S/C31H36N6O/c1-21-36-34-20-37(21)27-15-9-22(10-16-27)17-29(38)35-26-18-28(23-7-5-4-6-8-23)30(33-19-26)24-11-13-25(14-12-24)31(2,3)32/h4-8,11-14,18-20,22,27H,9-10,15-17,32H2,1-3H3,(H,35,38)/t22-,27-. The minimum atomic E-state index is -0.406. The predicted molar refractivity (Wildman–Crippen MR) is 151 cm³/mol. The van der Waals surface area contributed by atoms with Gasteiger partial charge in [0, 0.05) is 29.1 Å². The van der Waals surface area contributed by atoms with Gasteiger partial charge in [0.15, 0.2) is 0 Å². The molecule has 1 fully saturated rings. The van der Waals surface area contributed by atoms with Crippen LogP contribution in [0.1, 0.15) is 63.4 Å². The van der Waals surface area contributed by atoms with Crippen molar-refractivity contribution >= 4 is 11.6 Å². The Morgan fingerprint density at radius 3 is 2.37 bits per heavy atom. The zero-order chi connectivity index (χ0) is 26.7. The molecule has 0 spiro atoms. The maximum absolute atomic E-state index is 13.0. The number of hydrogen-bond acceptors (Lipinski definition) is 5. The molecule has 2 aromatic heterocycles. The molecule has 0 bridgehead atoms. The zero-order valence-corrected chi connectivity index (χ0v) is 22.4. The Kier molecular flexibility index (Phi) is 7.38. The number of nitrogens with two attached hydrogens (primary N) is 1. The Labute approximate surface area is 224 Å². The van der Waals surface area contributed by atoms with Crippen LogP contribution in [0.25, 0.3) is 22.4 Å². The highest BCUT2D eigenvalue weighted by molar-refractivity contribution is 5.92. The van der Waals surface area contributed by atoms with Gasteiger partial charge in [-0.25, -0.2) is 0 Å².